The van der Waals surface area contributed by atoms with Crippen LogP contribution in [-0.2, 0) is 23.9 Å². The molecule has 0 aromatic heterocycles. The quantitative estimate of drug-likeness (QED) is 0.230. The molecule has 1 aliphatic heterocycles. The van der Waals surface area contributed by atoms with Gasteiger partial charge >= 0.3 is 0 Å². The molecule has 0 unspecified atom stereocenters. The predicted molar refractivity (Wildman–Crippen MR) is 141 cm³/mol. The lowest BCUT2D eigenvalue weighted by molar-refractivity contribution is -0.134. The Labute approximate surface area is 227 Å². The molecule has 0 radical (unpaired) electrons. The fourth-order valence-electron chi connectivity index (χ4n) is 3.75. The van der Waals surface area contributed by atoms with E-state index in [1.165, 1.54) is 6.07 Å². The van der Waals surface area contributed by atoms with E-state index in [9.17, 15) is 29.1 Å². The van der Waals surface area contributed by atoms with Gasteiger partial charge in [0, 0.05) is 13.2 Å². The number of hydrogen-bond acceptors (Lipinski definition) is 8. The number of benzene rings is 1. The van der Waals surface area contributed by atoms with Crippen LogP contribution in [0.25, 0.3) is 0 Å². The molecule has 1 aromatic rings. The number of ether oxygens (including phenoxy) is 2. The summed E-state index contributed by atoms with van der Waals surface area (Å²) >= 11 is 0. The average Bonchev–Trinajstić information content (AvgIpc) is 2.90. The van der Waals surface area contributed by atoms with Crippen LogP contribution in [0.3, 0.4) is 0 Å². The highest BCUT2D eigenvalue weighted by molar-refractivity contribution is 6.01. The van der Waals surface area contributed by atoms with Gasteiger partial charge in [-0.25, -0.2) is 0 Å². The average molecular weight is 550 g/mol. The maximum atomic E-state index is 13.2. The van der Waals surface area contributed by atoms with Gasteiger partial charge in [0.1, 0.15) is 30.5 Å². The van der Waals surface area contributed by atoms with E-state index in [4.69, 9.17) is 9.47 Å². The first-order chi connectivity index (χ1) is 18.6. The molecule has 2 rings (SSSR count). The Kier molecular flexibility index (Phi) is 12.6. The number of carbonyl (C=O) groups is 5. The van der Waals surface area contributed by atoms with Gasteiger partial charge in [0.05, 0.1) is 31.2 Å². The van der Waals surface area contributed by atoms with Gasteiger partial charge in [0.2, 0.25) is 23.6 Å². The van der Waals surface area contributed by atoms with Crippen LogP contribution in [0.15, 0.2) is 24.3 Å². The van der Waals surface area contributed by atoms with E-state index < -0.39 is 66.7 Å². The van der Waals surface area contributed by atoms with Crippen molar-refractivity contribution in [3.63, 3.8) is 0 Å². The third kappa shape index (κ3) is 9.84. The van der Waals surface area contributed by atoms with Crippen molar-refractivity contribution in [2.45, 2.75) is 58.3 Å². The topological polar surface area (TPSA) is 184 Å². The van der Waals surface area contributed by atoms with E-state index in [0.29, 0.717) is 6.61 Å². The minimum absolute atomic E-state index is 0.00937. The molecule has 1 heterocycles. The molecular formula is C26H39N5O8. The highest BCUT2D eigenvalue weighted by Gasteiger charge is 2.31. The standard InChI is InChI=1S/C26H39N5O8/c1-5-38-11-10-27-24(35)18-12-21(33)29-19(13-32)25(36)31-22(15(2)3)26(37)28-16(4)14-39-20-9-7-6-8-17(20)23(34)30-18/h6-9,15-16,18-19,22,32H,5,10-14H2,1-4H3,(H,27,35)(H,28,37)(H,29,33)(H,30,34)(H,31,36)/t16-,18-,19-,22+/m0/s1. The van der Waals surface area contributed by atoms with Gasteiger partial charge in [-0.2, -0.15) is 0 Å². The molecule has 0 fully saturated rings. The molecule has 5 amide bonds. The minimum Gasteiger partial charge on any atom is -0.491 e. The van der Waals surface area contributed by atoms with Gasteiger partial charge in [0.25, 0.3) is 5.91 Å². The van der Waals surface area contributed by atoms with Gasteiger partial charge in [-0.05, 0) is 31.9 Å². The fraction of sp³-hybridized carbons (Fsp3) is 0.577. The van der Waals surface area contributed by atoms with Crippen LogP contribution in [0.5, 0.6) is 5.75 Å². The second kappa shape index (κ2) is 15.6. The van der Waals surface area contributed by atoms with E-state index in [1.807, 2.05) is 0 Å². The molecule has 1 aromatic carbocycles. The van der Waals surface area contributed by atoms with Gasteiger partial charge in [-0.1, -0.05) is 26.0 Å². The zero-order valence-corrected chi connectivity index (χ0v) is 22.7. The summed E-state index contributed by atoms with van der Waals surface area (Å²) in [5.41, 5.74) is 0.123. The van der Waals surface area contributed by atoms with Crippen molar-refractivity contribution in [3.8, 4) is 5.75 Å². The van der Waals surface area contributed by atoms with E-state index in [2.05, 4.69) is 26.6 Å². The van der Waals surface area contributed by atoms with Crippen molar-refractivity contribution in [2.24, 2.45) is 5.92 Å². The number of nitrogens with one attached hydrogen (secondary N) is 5. The summed E-state index contributed by atoms with van der Waals surface area (Å²) in [7, 11) is 0. The zero-order chi connectivity index (χ0) is 28.9. The highest BCUT2D eigenvalue weighted by atomic mass is 16.5. The van der Waals surface area contributed by atoms with Crippen LogP contribution in [0.1, 0.15) is 44.5 Å². The Bertz CT molecular complexity index is 1020. The molecule has 0 bridgehead atoms. The van der Waals surface area contributed by atoms with Gasteiger partial charge < -0.3 is 41.2 Å². The van der Waals surface area contributed by atoms with Crippen molar-refractivity contribution in [2.75, 3.05) is 33.0 Å². The second-order valence-corrected chi connectivity index (χ2v) is 9.47. The van der Waals surface area contributed by atoms with Crippen molar-refractivity contribution in [1.82, 2.24) is 26.6 Å². The van der Waals surface area contributed by atoms with Crippen LogP contribution in [0, 0.1) is 5.92 Å². The lowest BCUT2D eigenvalue weighted by Crippen LogP contribution is -2.58. The van der Waals surface area contributed by atoms with Crippen molar-refractivity contribution in [1.29, 1.82) is 0 Å². The van der Waals surface area contributed by atoms with Crippen LogP contribution < -0.4 is 31.3 Å². The number of aliphatic hydroxyl groups excluding tert-OH is 1. The molecule has 13 heteroatoms. The Morgan fingerprint density at radius 2 is 1.82 bits per heavy atom. The zero-order valence-electron chi connectivity index (χ0n) is 22.7. The molecule has 0 saturated carbocycles. The van der Waals surface area contributed by atoms with E-state index in [-0.39, 0.29) is 37.0 Å². The van der Waals surface area contributed by atoms with Gasteiger partial charge in [-0.15, -0.1) is 0 Å². The Hall–Kier alpha value is -3.71. The molecule has 39 heavy (non-hydrogen) atoms. The molecular weight excluding hydrogens is 510 g/mol. The molecule has 4 atom stereocenters. The molecule has 216 valence electrons. The van der Waals surface area contributed by atoms with Crippen molar-refractivity contribution in [3.05, 3.63) is 29.8 Å². The predicted octanol–water partition coefficient (Wildman–Crippen LogP) is -1.16. The largest absolute Gasteiger partial charge is 0.491 e. The Morgan fingerprint density at radius 1 is 1.10 bits per heavy atom. The number of hydrogen-bond donors (Lipinski definition) is 6. The van der Waals surface area contributed by atoms with Gasteiger partial charge in [0.15, 0.2) is 0 Å². The van der Waals surface area contributed by atoms with E-state index in [0.717, 1.165) is 0 Å². The van der Waals surface area contributed by atoms with E-state index >= 15 is 0 Å². The van der Waals surface area contributed by atoms with Crippen LogP contribution in [0.4, 0.5) is 0 Å². The van der Waals surface area contributed by atoms with Crippen molar-refractivity contribution < 1.29 is 38.6 Å². The Morgan fingerprint density at radius 3 is 2.49 bits per heavy atom. The summed E-state index contributed by atoms with van der Waals surface area (Å²) in [4.78, 5) is 64.7. The minimum atomic E-state index is -1.39. The summed E-state index contributed by atoms with van der Waals surface area (Å²) in [6, 6.07) is 2.21. The normalized spacial score (nSPS) is 23.3. The fourth-order valence-corrected chi connectivity index (χ4v) is 3.75. The first kappa shape index (κ1) is 31.5. The third-order valence-corrected chi connectivity index (χ3v) is 5.85. The second-order valence-electron chi connectivity index (χ2n) is 9.47. The van der Waals surface area contributed by atoms with E-state index in [1.54, 1.807) is 45.9 Å². The molecule has 6 N–H and O–H groups in total. The lowest BCUT2D eigenvalue weighted by Gasteiger charge is -2.26. The summed E-state index contributed by atoms with van der Waals surface area (Å²) in [6.45, 7) is 7.09. The van der Waals surface area contributed by atoms with Crippen LogP contribution >= 0.6 is 0 Å². The lowest BCUT2D eigenvalue weighted by atomic mass is 10.0. The number of rotatable bonds is 7. The van der Waals surface area contributed by atoms with Crippen LogP contribution in [-0.4, -0.2) is 91.8 Å². The number of aliphatic hydroxyl groups is 1. The van der Waals surface area contributed by atoms with Crippen molar-refractivity contribution >= 4 is 29.5 Å². The molecule has 0 aliphatic carbocycles. The number of fused-ring (bicyclic) bond motifs is 1. The summed E-state index contributed by atoms with van der Waals surface area (Å²) in [6.07, 6.45) is -0.524. The maximum Gasteiger partial charge on any atom is 0.255 e. The first-order valence-electron chi connectivity index (χ1n) is 13.0. The SMILES string of the molecule is CCOCCNC(=O)[C@@H]1CC(=O)N[C@@H](CO)C(=O)N[C@H](C(C)C)C(=O)N[C@@H](C)COc2ccccc2C(=O)N1. The smallest absolute Gasteiger partial charge is 0.255 e. The maximum absolute atomic E-state index is 13.2. The summed E-state index contributed by atoms with van der Waals surface area (Å²) in [5, 5.41) is 22.7. The molecule has 1 aliphatic rings. The highest BCUT2D eigenvalue weighted by Crippen LogP contribution is 2.19. The molecule has 0 saturated heterocycles. The third-order valence-electron chi connectivity index (χ3n) is 5.85. The first-order valence-corrected chi connectivity index (χ1v) is 13.0. The Balaban J connectivity index is 2.38. The number of carbonyl (C=O) groups excluding carboxylic acids is 5. The molecule has 13 nitrogen and oxygen atoms in total. The summed E-state index contributed by atoms with van der Waals surface area (Å²) in [5.74, 6) is -3.43. The van der Waals surface area contributed by atoms with Gasteiger partial charge in [-0.3, -0.25) is 24.0 Å². The number of para-hydroxylation sites is 1. The molecule has 0 spiro atoms. The van der Waals surface area contributed by atoms with Crippen LogP contribution in [0.2, 0.25) is 0 Å². The number of amides is 5. The summed E-state index contributed by atoms with van der Waals surface area (Å²) < 4.78 is 11.0. The monoisotopic (exact) mass is 549 g/mol.